The second kappa shape index (κ2) is 7.93. The maximum Gasteiger partial charge on any atom is 0.326 e. The minimum absolute atomic E-state index is 0.165. The van der Waals surface area contributed by atoms with E-state index in [1.165, 1.54) is 0 Å². The maximum atomic E-state index is 11.6. The summed E-state index contributed by atoms with van der Waals surface area (Å²) in [5, 5.41) is 19.6. The molecule has 1 atom stereocenters. The summed E-state index contributed by atoms with van der Waals surface area (Å²) in [7, 11) is 0. The second-order valence-electron chi connectivity index (χ2n) is 4.40. The minimum Gasteiger partial charge on any atom is -0.481 e. The zero-order chi connectivity index (χ0) is 15.0. The molecule has 0 saturated heterocycles. The summed E-state index contributed by atoms with van der Waals surface area (Å²) >= 11 is 0. The second-order valence-corrected chi connectivity index (χ2v) is 4.40. The first-order chi connectivity index (χ1) is 9.49. The Bertz CT molecular complexity index is 472. The largest absolute Gasteiger partial charge is 0.481 e. The normalized spacial score (nSPS) is 11.6. The number of aliphatic carboxylic acids is 2. The number of hydrogen-bond donors (Lipinski definition) is 3. The van der Waals surface area contributed by atoms with Gasteiger partial charge in [0, 0.05) is 6.42 Å². The van der Waals surface area contributed by atoms with E-state index in [1.54, 1.807) is 0 Å². The van der Waals surface area contributed by atoms with Crippen molar-refractivity contribution in [3.8, 4) is 0 Å². The van der Waals surface area contributed by atoms with Crippen molar-refractivity contribution < 1.29 is 24.6 Å². The number of nitrogens with one attached hydrogen (secondary N) is 1. The Kier molecular flexibility index (Phi) is 6.22. The first kappa shape index (κ1) is 15.7. The van der Waals surface area contributed by atoms with Crippen molar-refractivity contribution in [3.05, 3.63) is 35.9 Å². The van der Waals surface area contributed by atoms with E-state index >= 15 is 0 Å². The van der Waals surface area contributed by atoms with Crippen molar-refractivity contribution in [1.82, 2.24) is 5.32 Å². The third kappa shape index (κ3) is 5.99. The fraction of sp³-hybridized carbons (Fsp3) is 0.357. The van der Waals surface area contributed by atoms with E-state index in [2.05, 4.69) is 5.32 Å². The summed E-state index contributed by atoms with van der Waals surface area (Å²) in [6, 6.07) is 8.23. The van der Waals surface area contributed by atoms with Crippen molar-refractivity contribution in [2.75, 3.05) is 0 Å². The Hall–Kier alpha value is -2.37. The molecule has 1 amide bonds. The number of carboxylic acid groups (broad SMARTS) is 2. The van der Waals surface area contributed by atoms with Crippen molar-refractivity contribution >= 4 is 17.8 Å². The molecule has 1 rings (SSSR count). The van der Waals surface area contributed by atoms with Gasteiger partial charge in [0.1, 0.15) is 6.04 Å². The van der Waals surface area contributed by atoms with Crippen LogP contribution in [0.3, 0.4) is 0 Å². The Morgan fingerprint density at radius 2 is 1.75 bits per heavy atom. The fourth-order valence-corrected chi connectivity index (χ4v) is 1.74. The van der Waals surface area contributed by atoms with Crippen LogP contribution >= 0.6 is 0 Å². The molecular formula is C14H17NO5. The van der Waals surface area contributed by atoms with E-state index in [9.17, 15) is 14.4 Å². The molecule has 0 aliphatic carbocycles. The maximum absolute atomic E-state index is 11.6. The Morgan fingerprint density at radius 3 is 2.30 bits per heavy atom. The van der Waals surface area contributed by atoms with Crippen LogP contribution < -0.4 is 5.32 Å². The van der Waals surface area contributed by atoms with E-state index in [0.717, 1.165) is 5.56 Å². The van der Waals surface area contributed by atoms with Gasteiger partial charge in [0.05, 0.1) is 6.42 Å². The van der Waals surface area contributed by atoms with Crippen molar-refractivity contribution in [3.63, 3.8) is 0 Å². The Labute approximate surface area is 116 Å². The smallest absolute Gasteiger partial charge is 0.326 e. The molecule has 108 valence electrons. The molecule has 0 radical (unpaired) electrons. The molecule has 0 aliphatic rings. The van der Waals surface area contributed by atoms with Gasteiger partial charge in [-0.05, 0) is 18.4 Å². The van der Waals surface area contributed by atoms with Gasteiger partial charge in [0.2, 0.25) is 5.91 Å². The lowest BCUT2D eigenvalue weighted by molar-refractivity contribution is -0.147. The third-order valence-electron chi connectivity index (χ3n) is 2.72. The summed E-state index contributed by atoms with van der Waals surface area (Å²) in [5.74, 6) is -3.06. The van der Waals surface area contributed by atoms with Crippen LogP contribution in [0.5, 0.6) is 0 Å². The van der Waals surface area contributed by atoms with Crippen LogP contribution in [0.25, 0.3) is 0 Å². The zero-order valence-corrected chi connectivity index (χ0v) is 10.9. The molecule has 0 fully saturated rings. The van der Waals surface area contributed by atoms with Crippen LogP contribution in [-0.4, -0.2) is 34.1 Å². The van der Waals surface area contributed by atoms with E-state index in [0.29, 0.717) is 12.8 Å². The standard InChI is InChI=1S/C14H17NO5/c16-12(15-11(14(19)20)9-13(17)18)8-4-7-10-5-2-1-3-6-10/h1-3,5-6,11H,4,7-9H2,(H,15,16)(H,17,18)(H,19,20)/t11-/m0/s1. The van der Waals surface area contributed by atoms with Crippen LogP contribution in [0.2, 0.25) is 0 Å². The Morgan fingerprint density at radius 1 is 1.10 bits per heavy atom. The molecule has 0 spiro atoms. The van der Waals surface area contributed by atoms with E-state index in [1.807, 2.05) is 30.3 Å². The SMILES string of the molecule is O=C(O)C[C@H](NC(=O)CCCc1ccccc1)C(=O)O. The van der Waals surface area contributed by atoms with Gasteiger partial charge < -0.3 is 15.5 Å². The van der Waals surface area contributed by atoms with E-state index in [-0.39, 0.29) is 6.42 Å². The Balaban J connectivity index is 2.35. The first-order valence-corrected chi connectivity index (χ1v) is 6.27. The summed E-state index contributed by atoms with van der Waals surface area (Å²) in [6.07, 6.45) is 0.832. The van der Waals surface area contributed by atoms with Crippen LogP contribution in [0.1, 0.15) is 24.8 Å². The van der Waals surface area contributed by atoms with Gasteiger partial charge in [-0.3, -0.25) is 9.59 Å². The quantitative estimate of drug-likeness (QED) is 0.660. The molecule has 0 aromatic heterocycles. The molecule has 6 heteroatoms. The molecule has 3 N–H and O–H groups in total. The summed E-state index contributed by atoms with van der Waals surface area (Å²) < 4.78 is 0. The lowest BCUT2D eigenvalue weighted by atomic mass is 10.1. The average molecular weight is 279 g/mol. The molecule has 0 aliphatic heterocycles. The van der Waals surface area contributed by atoms with Gasteiger partial charge in [-0.15, -0.1) is 0 Å². The fourth-order valence-electron chi connectivity index (χ4n) is 1.74. The number of amides is 1. The molecule has 6 nitrogen and oxygen atoms in total. The molecule has 0 bridgehead atoms. The summed E-state index contributed by atoms with van der Waals surface area (Å²) in [5.41, 5.74) is 1.10. The molecule has 0 heterocycles. The predicted octanol–water partition coefficient (Wildman–Crippen LogP) is 1.05. The van der Waals surface area contributed by atoms with Crippen LogP contribution in [0.15, 0.2) is 30.3 Å². The summed E-state index contributed by atoms with van der Waals surface area (Å²) in [4.78, 5) is 32.8. The van der Waals surface area contributed by atoms with Gasteiger partial charge in [-0.1, -0.05) is 30.3 Å². The molecule has 1 aromatic carbocycles. The number of carbonyl (C=O) groups is 3. The lowest BCUT2D eigenvalue weighted by Crippen LogP contribution is -2.42. The molecule has 0 unspecified atom stereocenters. The number of carboxylic acids is 2. The van der Waals surface area contributed by atoms with Crippen LogP contribution in [-0.2, 0) is 20.8 Å². The van der Waals surface area contributed by atoms with Crippen LogP contribution in [0, 0.1) is 0 Å². The average Bonchev–Trinajstić information content (AvgIpc) is 2.38. The van der Waals surface area contributed by atoms with Crippen LogP contribution in [0.4, 0.5) is 0 Å². The van der Waals surface area contributed by atoms with Gasteiger partial charge >= 0.3 is 11.9 Å². The third-order valence-corrected chi connectivity index (χ3v) is 2.72. The van der Waals surface area contributed by atoms with Crippen molar-refractivity contribution in [2.24, 2.45) is 0 Å². The predicted molar refractivity (Wildman–Crippen MR) is 71.2 cm³/mol. The zero-order valence-electron chi connectivity index (χ0n) is 10.9. The van der Waals surface area contributed by atoms with Gasteiger partial charge in [0.25, 0.3) is 0 Å². The number of rotatable bonds is 8. The van der Waals surface area contributed by atoms with Gasteiger partial charge in [-0.2, -0.15) is 0 Å². The monoisotopic (exact) mass is 279 g/mol. The number of aryl methyl sites for hydroxylation is 1. The van der Waals surface area contributed by atoms with E-state index in [4.69, 9.17) is 10.2 Å². The summed E-state index contributed by atoms with van der Waals surface area (Å²) in [6.45, 7) is 0. The van der Waals surface area contributed by atoms with Crippen molar-refractivity contribution in [1.29, 1.82) is 0 Å². The highest BCUT2D eigenvalue weighted by molar-refractivity contribution is 5.86. The highest BCUT2D eigenvalue weighted by atomic mass is 16.4. The van der Waals surface area contributed by atoms with Gasteiger partial charge in [0.15, 0.2) is 0 Å². The molecule has 0 saturated carbocycles. The number of benzene rings is 1. The number of carbonyl (C=O) groups excluding carboxylic acids is 1. The lowest BCUT2D eigenvalue weighted by Gasteiger charge is -2.12. The molecule has 1 aromatic rings. The van der Waals surface area contributed by atoms with Gasteiger partial charge in [-0.25, -0.2) is 4.79 Å². The van der Waals surface area contributed by atoms with E-state index < -0.39 is 30.3 Å². The minimum atomic E-state index is -1.38. The first-order valence-electron chi connectivity index (χ1n) is 6.27. The topological polar surface area (TPSA) is 104 Å². The highest BCUT2D eigenvalue weighted by Crippen LogP contribution is 2.05. The highest BCUT2D eigenvalue weighted by Gasteiger charge is 2.22. The molecule has 20 heavy (non-hydrogen) atoms. The van der Waals surface area contributed by atoms with Crippen molar-refractivity contribution in [2.45, 2.75) is 31.7 Å². The molecular weight excluding hydrogens is 262 g/mol. The number of hydrogen-bond acceptors (Lipinski definition) is 3.